The Hall–Kier alpha value is -2.71. The van der Waals surface area contributed by atoms with Crippen LogP contribution < -0.4 is 10.9 Å². The molecule has 2 saturated heterocycles. The van der Waals surface area contributed by atoms with Gasteiger partial charge < -0.3 is 19.9 Å². The van der Waals surface area contributed by atoms with Crippen LogP contribution in [0, 0.1) is 0 Å². The van der Waals surface area contributed by atoms with Crippen LogP contribution in [-0.2, 0) is 9.53 Å². The van der Waals surface area contributed by atoms with Crippen molar-refractivity contribution in [1.82, 2.24) is 20.1 Å². The molecule has 0 spiro atoms. The van der Waals surface area contributed by atoms with Gasteiger partial charge in [0.25, 0.3) is 11.5 Å². The Balaban J connectivity index is 1.41. The number of carbonyl (C=O) groups excluding carboxylic acids is 2. The molecule has 2 aliphatic heterocycles. The first-order valence-corrected chi connectivity index (χ1v) is 9.89. The lowest BCUT2D eigenvalue weighted by molar-refractivity contribution is -0.134. The average molecular weight is 398 g/mol. The van der Waals surface area contributed by atoms with Crippen LogP contribution in [0.5, 0.6) is 0 Å². The number of morpholine rings is 1. The molecule has 0 aliphatic carbocycles. The first kappa shape index (κ1) is 19.6. The molecule has 0 unspecified atom stereocenters. The predicted molar refractivity (Wildman–Crippen MR) is 109 cm³/mol. The Morgan fingerprint density at radius 2 is 2.00 bits per heavy atom. The molecule has 0 radical (unpaired) electrons. The summed E-state index contributed by atoms with van der Waals surface area (Å²) < 4.78 is 5.88. The van der Waals surface area contributed by atoms with Crippen molar-refractivity contribution in [2.24, 2.45) is 0 Å². The van der Waals surface area contributed by atoms with E-state index in [0.717, 1.165) is 13.0 Å². The topological polar surface area (TPSA) is 94.7 Å². The lowest BCUT2D eigenvalue weighted by Gasteiger charge is -2.35. The van der Waals surface area contributed by atoms with Gasteiger partial charge in [0.2, 0.25) is 5.91 Å². The van der Waals surface area contributed by atoms with E-state index in [9.17, 15) is 14.4 Å². The SMILES string of the molecule is CN(C)C(=O)C[C@H]1CN2C[C@@H](NC(=O)c3c[nH]c(=O)c4ccccc34)C[C@H]2CO1. The highest BCUT2D eigenvalue weighted by Crippen LogP contribution is 2.25. The molecule has 8 heteroatoms. The zero-order chi connectivity index (χ0) is 20.5. The average Bonchev–Trinajstić information content (AvgIpc) is 3.09. The van der Waals surface area contributed by atoms with E-state index in [4.69, 9.17) is 4.74 Å². The molecule has 3 heterocycles. The van der Waals surface area contributed by atoms with Crippen LogP contribution in [0.15, 0.2) is 35.3 Å². The third-order valence-electron chi connectivity index (χ3n) is 5.78. The molecule has 3 atom stereocenters. The maximum absolute atomic E-state index is 12.9. The molecule has 2 fully saturated rings. The number of aromatic amines is 1. The number of nitrogens with zero attached hydrogens (tertiary/aromatic N) is 2. The van der Waals surface area contributed by atoms with E-state index in [1.807, 2.05) is 6.07 Å². The van der Waals surface area contributed by atoms with E-state index < -0.39 is 0 Å². The molecule has 1 aromatic heterocycles. The number of amides is 2. The highest BCUT2D eigenvalue weighted by molar-refractivity contribution is 6.06. The van der Waals surface area contributed by atoms with Gasteiger partial charge in [-0.25, -0.2) is 0 Å². The summed E-state index contributed by atoms with van der Waals surface area (Å²) in [7, 11) is 3.49. The van der Waals surface area contributed by atoms with Gasteiger partial charge in [0.1, 0.15) is 0 Å². The van der Waals surface area contributed by atoms with Gasteiger partial charge in [-0.05, 0) is 12.5 Å². The number of rotatable bonds is 4. The van der Waals surface area contributed by atoms with Crippen molar-refractivity contribution < 1.29 is 14.3 Å². The van der Waals surface area contributed by atoms with Crippen LogP contribution in [0.3, 0.4) is 0 Å². The van der Waals surface area contributed by atoms with Crippen molar-refractivity contribution >= 4 is 22.6 Å². The smallest absolute Gasteiger partial charge is 0.255 e. The second-order valence-corrected chi connectivity index (χ2v) is 8.04. The molecule has 4 rings (SSSR count). The Kier molecular flexibility index (Phi) is 5.38. The van der Waals surface area contributed by atoms with E-state index >= 15 is 0 Å². The van der Waals surface area contributed by atoms with Crippen LogP contribution >= 0.6 is 0 Å². The highest BCUT2D eigenvalue weighted by Gasteiger charge is 2.38. The maximum atomic E-state index is 12.9. The molecule has 2 aromatic rings. The second-order valence-electron chi connectivity index (χ2n) is 8.04. The minimum Gasteiger partial charge on any atom is -0.375 e. The summed E-state index contributed by atoms with van der Waals surface area (Å²) in [6.07, 6.45) is 2.55. The molecule has 154 valence electrons. The Morgan fingerprint density at radius 3 is 2.76 bits per heavy atom. The number of fused-ring (bicyclic) bond motifs is 2. The normalized spacial score (nSPS) is 24.3. The third kappa shape index (κ3) is 4.04. The Bertz CT molecular complexity index is 986. The molecule has 2 aliphatic rings. The van der Waals surface area contributed by atoms with Gasteiger partial charge >= 0.3 is 0 Å². The molecule has 0 bridgehead atoms. The summed E-state index contributed by atoms with van der Waals surface area (Å²) in [4.78, 5) is 43.3. The lowest BCUT2D eigenvalue weighted by Crippen LogP contribution is -2.47. The van der Waals surface area contributed by atoms with Crippen LogP contribution in [0.1, 0.15) is 23.2 Å². The standard InChI is InChI=1S/C21H26N4O4/c1-24(2)19(26)8-15-11-25-10-13(7-14(25)12-29-15)23-21(28)18-9-22-20(27)17-6-4-3-5-16(17)18/h3-6,9,13-15H,7-8,10-12H2,1-2H3,(H,22,27)(H,23,28)/t13-,14-,15-/m0/s1. The van der Waals surface area contributed by atoms with Gasteiger partial charge in [-0.3, -0.25) is 19.3 Å². The summed E-state index contributed by atoms with van der Waals surface area (Å²) in [5, 5.41) is 4.26. The predicted octanol–water partition coefficient (Wildman–Crippen LogP) is 0.578. The van der Waals surface area contributed by atoms with Crippen LogP contribution in [0.25, 0.3) is 10.8 Å². The fraction of sp³-hybridized carbons (Fsp3) is 0.476. The number of hydrogen-bond donors (Lipinski definition) is 2. The van der Waals surface area contributed by atoms with E-state index in [1.165, 1.54) is 6.20 Å². The number of aromatic nitrogens is 1. The summed E-state index contributed by atoms with van der Waals surface area (Å²) in [6.45, 7) is 1.99. The molecular formula is C21H26N4O4. The summed E-state index contributed by atoms with van der Waals surface area (Å²) in [6, 6.07) is 7.36. The monoisotopic (exact) mass is 398 g/mol. The fourth-order valence-electron chi connectivity index (χ4n) is 4.21. The first-order valence-electron chi connectivity index (χ1n) is 9.89. The number of nitrogens with one attached hydrogen (secondary N) is 2. The van der Waals surface area contributed by atoms with Crippen molar-refractivity contribution in [3.05, 3.63) is 46.4 Å². The van der Waals surface area contributed by atoms with Gasteiger partial charge in [-0.2, -0.15) is 0 Å². The molecule has 29 heavy (non-hydrogen) atoms. The van der Waals surface area contributed by atoms with Gasteiger partial charge in [-0.15, -0.1) is 0 Å². The molecule has 0 saturated carbocycles. The van der Waals surface area contributed by atoms with E-state index in [1.54, 1.807) is 37.2 Å². The van der Waals surface area contributed by atoms with E-state index in [2.05, 4.69) is 15.2 Å². The van der Waals surface area contributed by atoms with E-state index in [-0.39, 0.29) is 35.6 Å². The Labute approximate surface area is 168 Å². The zero-order valence-corrected chi connectivity index (χ0v) is 16.7. The summed E-state index contributed by atoms with van der Waals surface area (Å²) in [5.74, 6) is -0.134. The minimum absolute atomic E-state index is 0.00471. The van der Waals surface area contributed by atoms with Crippen molar-refractivity contribution in [3.63, 3.8) is 0 Å². The molecule has 2 N–H and O–H groups in total. The third-order valence-corrected chi connectivity index (χ3v) is 5.78. The minimum atomic E-state index is -0.203. The molecule has 2 amide bonds. The van der Waals surface area contributed by atoms with Crippen molar-refractivity contribution in [2.45, 2.75) is 31.0 Å². The quantitative estimate of drug-likeness (QED) is 0.786. The van der Waals surface area contributed by atoms with Crippen LogP contribution in [0.4, 0.5) is 0 Å². The Morgan fingerprint density at radius 1 is 1.24 bits per heavy atom. The van der Waals surface area contributed by atoms with Gasteiger partial charge in [0, 0.05) is 56.2 Å². The second kappa shape index (κ2) is 7.96. The van der Waals surface area contributed by atoms with Crippen LogP contribution in [-0.4, -0.2) is 78.6 Å². The number of hydrogen-bond acceptors (Lipinski definition) is 5. The fourth-order valence-corrected chi connectivity index (χ4v) is 4.21. The summed E-state index contributed by atoms with van der Waals surface area (Å²) in [5.41, 5.74) is 0.265. The molecule has 8 nitrogen and oxygen atoms in total. The van der Waals surface area contributed by atoms with Gasteiger partial charge in [0.15, 0.2) is 0 Å². The largest absolute Gasteiger partial charge is 0.375 e. The maximum Gasteiger partial charge on any atom is 0.255 e. The number of benzene rings is 1. The van der Waals surface area contributed by atoms with Crippen molar-refractivity contribution in [3.8, 4) is 0 Å². The number of carbonyl (C=O) groups is 2. The molecule has 1 aromatic carbocycles. The van der Waals surface area contributed by atoms with Crippen molar-refractivity contribution in [2.75, 3.05) is 33.8 Å². The highest BCUT2D eigenvalue weighted by atomic mass is 16.5. The van der Waals surface area contributed by atoms with Gasteiger partial charge in [0.05, 0.1) is 24.7 Å². The van der Waals surface area contributed by atoms with E-state index in [0.29, 0.717) is 35.9 Å². The van der Waals surface area contributed by atoms with Gasteiger partial charge in [-0.1, -0.05) is 18.2 Å². The number of ether oxygens (including phenoxy) is 1. The first-order chi connectivity index (χ1) is 13.9. The van der Waals surface area contributed by atoms with Crippen LogP contribution in [0.2, 0.25) is 0 Å². The summed E-state index contributed by atoms with van der Waals surface area (Å²) >= 11 is 0. The zero-order valence-electron chi connectivity index (χ0n) is 16.7. The number of H-pyrrole nitrogens is 1. The lowest BCUT2D eigenvalue weighted by atomic mass is 10.1. The molecular weight excluding hydrogens is 372 g/mol. The number of pyridine rings is 1. The van der Waals surface area contributed by atoms with Crippen molar-refractivity contribution in [1.29, 1.82) is 0 Å².